The molecule has 1 aromatic heterocycles. The Bertz CT molecular complexity index is 1100. The van der Waals surface area contributed by atoms with Crippen molar-refractivity contribution < 1.29 is 14.4 Å². The van der Waals surface area contributed by atoms with Crippen molar-refractivity contribution in [3.05, 3.63) is 88.9 Å². The highest BCUT2D eigenvalue weighted by molar-refractivity contribution is 6.30. The van der Waals surface area contributed by atoms with Gasteiger partial charge in [-0.25, -0.2) is 4.79 Å². The third kappa shape index (κ3) is 4.90. The number of carbonyl (C=O) groups excluding carboxylic acids is 3. The van der Waals surface area contributed by atoms with Gasteiger partial charge in [-0.1, -0.05) is 35.9 Å². The number of urea groups is 1. The summed E-state index contributed by atoms with van der Waals surface area (Å²) in [6.45, 7) is 4.82. The van der Waals surface area contributed by atoms with E-state index in [1.165, 1.54) is 4.90 Å². The topological polar surface area (TPSA) is 94.6 Å². The van der Waals surface area contributed by atoms with Crippen LogP contribution in [0.4, 0.5) is 4.79 Å². The summed E-state index contributed by atoms with van der Waals surface area (Å²) in [4.78, 5) is 45.8. The molecule has 2 aliphatic rings. The van der Waals surface area contributed by atoms with Gasteiger partial charge in [0.1, 0.15) is 0 Å². The SMILES string of the molecule is C=CCN1C(=O)NC(c2ccc(Cl)cc2)C2=C1CN(CCC(=O)NCc1ccccn1)C2=O. The molecule has 1 atom stereocenters. The Kier molecular flexibility index (Phi) is 6.74. The molecule has 0 spiro atoms. The van der Waals surface area contributed by atoms with Crippen molar-refractivity contribution in [3.8, 4) is 0 Å². The lowest BCUT2D eigenvalue weighted by Gasteiger charge is -2.33. The second-order valence-electron chi connectivity index (χ2n) is 7.77. The normalized spacial score (nSPS) is 17.7. The maximum absolute atomic E-state index is 13.3. The summed E-state index contributed by atoms with van der Waals surface area (Å²) in [6, 6.07) is 11.7. The zero-order chi connectivity index (χ0) is 23.4. The highest BCUT2D eigenvalue weighted by Crippen LogP contribution is 2.36. The maximum atomic E-state index is 13.3. The molecule has 0 fully saturated rings. The van der Waals surface area contributed by atoms with Gasteiger partial charge in [-0.3, -0.25) is 19.5 Å². The van der Waals surface area contributed by atoms with Gasteiger partial charge < -0.3 is 15.5 Å². The molecule has 0 saturated heterocycles. The van der Waals surface area contributed by atoms with Crippen molar-refractivity contribution in [2.45, 2.75) is 19.0 Å². The first kappa shape index (κ1) is 22.5. The third-order valence-electron chi connectivity index (χ3n) is 5.61. The number of carbonyl (C=O) groups is 3. The molecule has 0 radical (unpaired) electrons. The van der Waals surface area contributed by atoms with E-state index >= 15 is 0 Å². The molecule has 0 saturated carbocycles. The van der Waals surface area contributed by atoms with Crippen LogP contribution in [0.15, 0.2) is 72.6 Å². The Balaban J connectivity index is 1.47. The lowest BCUT2D eigenvalue weighted by molar-refractivity contribution is -0.127. The van der Waals surface area contributed by atoms with Gasteiger partial charge in [-0.2, -0.15) is 0 Å². The van der Waals surface area contributed by atoms with Crippen LogP contribution >= 0.6 is 11.6 Å². The summed E-state index contributed by atoms with van der Waals surface area (Å²) >= 11 is 6.01. The first-order chi connectivity index (χ1) is 16.0. The first-order valence-electron chi connectivity index (χ1n) is 10.6. The number of hydrogen-bond acceptors (Lipinski definition) is 4. The van der Waals surface area contributed by atoms with Gasteiger partial charge in [0.2, 0.25) is 5.91 Å². The Morgan fingerprint density at radius 3 is 2.73 bits per heavy atom. The number of nitrogens with one attached hydrogen (secondary N) is 2. The predicted octanol–water partition coefficient (Wildman–Crippen LogP) is 2.79. The van der Waals surface area contributed by atoms with Crippen LogP contribution in [0.2, 0.25) is 5.02 Å². The van der Waals surface area contributed by atoms with Gasteiger partial charge >= 0.3 is 6.03 Å². The van der Waals surface area contributed by atoms with E-state index in [2.05, 4.69) is 22.2 Å². The van der Waals surface area contributed by atoms with E-state index in [1.54, 1.807) is 41.4 Å². The average Bonchev–Trinajstić information content (AvgIpc) is 3.15. The van der Waals surface area contributed by atoms with Crippen LogP contribution in [0.3, 0.4) is 0 Å². The summed E-state index contributed by atoms with van der Waals surface area (Å²) in [5.74, 6) is -0.374. The zero-order valence-electron chi connectivity index (χ0n) is 18.0. The minimum atomic E-state index is -0.582. The molecule has 8 nitrogen and oxygen atoms in total. The molecule has 33 heavy (non-hydrogen) atoms. The van der Waals surface area contributed by atoms with Crippen molar-refractivity contribution in [1.82, 2.24) is 25.4 Å². The predicted molar refractivity (Wildman–Crippen MR) is 124 cm³/mol. The summed E-state index contributed by atoms with van der Waals surface area (Å²) in [5.41, 5.74) is 2.67. The summed E-state index contributed by atoms with van der Waals surface area (Å²) in [7, 11) is 0. The Morgan fingerprint density at radius 1 is 1.24 bits per heavy atom. The van der Waals surface area contributed by atoms with Crippen LogP contribution in [-0.2, 0) is 16.1 Å². The van der Waals surface area contributed by atoms with Gasteiger partial charge in [0.15, 0.2) is 0 Å². The number of hydrogen-bond donors (Lipinski definition) is 2. The lowest BCUT2D eigenvalue weighted by atomic mass is 9.95. The van der Waals surface area contributed by atoms with E-state index in [-0.39, 0.29) is 43.9 Å². The Labute approximate surface area is 196 Å². The minimum Gasteiger partial charge on any atom is -0.350 e. The maximum Gasteiger partial charge on any atom is 0.322 e. The number of halogens is 1. The van der Waals surface area contributed by atoms with Gasteiger partial charge in [0.05, 0.1) is 36.1 Å². The fourth-order valence-corrected chi connectivity index (χ4v) is 4.10. The van der Waals surface area contributed by atoms with Crippen LogP contribution < -0.4 is 10.6 Å². The third-order valence-corrected chi connectivity index (χ3v) is 5.87. The van der Waals surface area contributed by atoms with E-state index in [9.17, 15) is 14.4 Å². The Hall–Kier alpha value is -3.65. The van der Waals surface area contributed by atoms with E-state index in [0.29, 0.717) is 22.8 Å². The number of amides is 4. The fraction of sp³-hybridized carbons (Fsp3) is 0.250. The van der Waals surface area contributed by atoms with Crippen molar-refractivity contribution in [2.24, 2.45) is 0 Å². The highest BCUT2D eigenvalue weighted by atomic mass is 35.5. The van der Waals surface area contributed by atoms with E-state index < -0.39 is 6.04 Å². The quantitative estimate of drug-likeness (QED) is 0.586. The summed E-state index contributed by atoms with van der Waals surface area (Å²) in [6.07, 6.45) is 3.43. The van der Waals surface area contributed by atoms with Crippen LogP contribution in [0.25, 0.3) is 0 Å². The van der Waals surface area contributed by atoms with Crippen molar-refractivity contribution in [1.29, 1.82) is 0 Å². The second-order valence-corrected chi connectivity index (χ2v) is 8.20. The van der Waals surface area contributed by atoms with Gasteiger partial charge in [0, 0.05) is 30.7 Å². The van der Waals surface area contributed by atoms with Gasteiger partial charge in [0.25, 0.3) is 5.91 Å². The standard InChI is InChI=1S/C24H24ClN5O3/c1-2-12-30-19-15-29(13-10-20(31)27-14-18-5-3-4-11-26-18)23(32)21(19)22(28-24(30)33)16-6-8-17(25)9-7-16/h2-9,11,22H,1,10,12-15H2,(H,27,31)(H,28,33). The van der Waals surface area contributed by atoms with Crippen molar-refractivity contribution in [2.75, 3.05) is 19.6 Å². The average molecular weight is 466 g/mol. The molecule has 0 bridgehead atoms. The molecule has 2 aromatic rings. The van der Waals surface area contributed by atoms with E-state index in [0.717, 1.165) is 11.3 Å². The molecular weight excluding hydrogens is 442 g/mol. The molecule has 2 aliphatic heterocycles. The second kappa shape index (κ2) is 9.87. The number of pyridine rings is 1. The minimum absolute atomic E-state index is 0.146. The molecular formula is C24H24ClN5O3. The van der Waals surface area contributed by atoms with Gasteiger partial charge in [-0.15, -0.1) is 6.58 Å². The smallest absolute Gasteiger partial charge is 0.322 e. The molecule has 1 unspecified atom stereocenters. The molecule has 9 heteroatoms. The van der Waals surface area contributed by atoms with Crippen LogP contribution in [0, 0.1) is 0 Å². The monoisotopic (exact) mass is 465 g/mol. The molecule has 1 aromatic carbocycles. The van der Waals surface area contributed by atoms with Crippen molar-refractivity contribution in [3.63, 3.8) is 0 Å². The van der Waals surface area contributed by atoms with Crippen LogP contribution in [0.5, 0.6) is 0 Å². The van der Waals surface area contributed by atoms with Crippen LogP contribution in [-0.4, -0.2) is 52.3 Å². The summed E-state index contributed by atoms with van der Waals surface area (Å²) in [5, 5.41) is 6.31. The van der Waals surface area contributed by atoms with E-state index in [1.807, 2.05) is 18.2 Å². The molecule has 2 N–H and O–H groups in total. The molecule has 0 aliphatic carbocycles. The lowest BCUT2D eigenvalue weighted by Crippen LogP contribution is -2.47. The highest BCUT2D eigenvalue weighted by Gasteiger charge is 2.43. The van der Waals surface area contributed by atoms with Gasteiger partial charge in [-0.05, 0) is 29.8 Å². The number of benzene rings is 1. The Morgan fingerprint density at radius 2 is 2.03 bits per heavy atom. The molecule has 4 amide bonds. The molecule has 170 valence electrons. The van der Waals surface area contributed by atoms with E-state index in [4.69, 9.17) is 11.6 Å². The number of aromatic nitrogens is 1. The molecule has 3 heterocycles. The molecule has 4 rings (SSSR count). The zero-order valence-corrected chi connectivity index (χ0v) is 18.7. The number of nitrogens with zero attached hydrogens (tertiary/aromatic N) is 3. The largest absolute Gasteiger partial charge is 0.350 e. The first-order valence-corrected chi connectivity index (χ1v) is 11.0. The fourth-order valence-electron chi connectivity index (χ4n) is 3.97. The number of rotatable bonds is 8. The summed E-state index contributed by atoms with van der Waals surface area (Å²) < 4.78 is 0. The van der Waals surface area contributed by atoms with Crippen molar-refractivity contribution >= 4 is 29.4 Å². The van der Waals surface area contributed by atoms with Crippen LogP contribution in [0.1, 0.15) is 23.7 Å².